The molecule has 0 bridgehead atoms. The average molecular weight is 368 g/mol. The summed E-state index contributed by atoms with van der Waals surface area (Å²) >= 11 is 0. The molecule has 0 spiro atoms. The van der Waals surface area contributed by atoms with Gasteiger partial charge in [-0.1, -0.05) is 61.2 Å². The number of benzene rings is 2. The van der Waals surface area contributed by atoms with Gasteiger partial charge in [-0.3, -0.25) is 9.11 Å². The first kappa shape index (κ1) is 19.8. The lowest BCUT2D eigenvalue weighted by atomic mass is 10.2. The van der Waals surface area contributed by atoms with Crippen molar-refractivity contribution in [1.82, 2.24) is 0 Å². The van der Waals surface area contributed by atoms with Gasteiger partial charge in [-0.05, 0) is 23.3 Å². The SMILES string of the molecule is C=Cc1ccccc1S(=O)(=O)O.O=S(=O)(O)C=Cc1ccccc1. The van der Waals surface area contributed by atoms with E-state index >= 15 is 0 Å². The highest BCUT2D eigenvalue weighted by Gasteiger charge is 2.11. The second kappa shape index (κ2) is 8.55. The summed E-state index contributed by atoms with van der Waals surface area (Å²) in [5.74, 6) is 0. The van der Waals surface area contributed by atoms with Gasteiger partial charge in [-0.25, -0.2) is 0 Å². The Morgan fingerprint density at radius 1 is 0.833 bits per heavy atom. The second-order valence-corrected chi connectivity index (χ2v) is 7.14. The molecule has 0 fully saturated rings. The molecule has 0 unspecified atom stereocenters. The van der Waals surface area contributed by atoms with Crippen LogP contribution in [0.5, 0.6) is 0 Å². The van der Waals surface area contributed by atoms with Crippen LogP contribution in [0.15, 0.2) is 71.5 Å². The Bertz CT molecular complexity index is 914. The monoisotopic (exact) mass is 368 g/mol. The van der Waals surface area contributed by atoms with Gasteiger partial charge < -0.3 is 0 Å². The predicted molar refractivity (Wildman–Crippen MR) is 93.4 cm³/mol. The van der Waals surface area contributed by atoms with Crippen molar-refractivity contribution >= 4 is 32.4 Å². The summed E-state index contributed by atoms with van der Waals surface area (Å²) in [6.07, 6.45) is 2.71. The van der Waals surface area contributed by atoms with Crippen molar-refractivity contribution < 1.29 is 25.9 Å². The van der Waals surface area contributed by atoms with E-state index in [1.807, 2.05) is 6.07 Å². The Hall–Kier alpha value is -2.26. The summed E-state index contributed by atoms with van der Waals surface area (Å²) in [5, 5.41) is 0.752. The van der Waals surface area contributed by atoms with E-state index in [0.29, 0.717) is 5.56 Å². The molecule has 2 rings (SSSR count). The van der Waals surface area contributed by atoms with Crippen LogP contribution >= 0.6 is 0 Å². The van der Waals surface area contributed by atoms with Crippen LogP contribution in [0.4, 0.5) is 0 Å². The molecule has 2 N–H and O–H groups in total. The van der Waals surface area contributed by atoms with E-state index in [4.69, 9.17) is 9.11 Å². The minimum absolute atomic E-state index is 0.111. The van der Waals surface area contributed by atoms with Gasteiger partial charge in [0, 0.05) is 0 Å². The highest BCUT2D eigenvalue weighted by Crippen LogP contribution is 2.15. The van der Waals surface area contributed by atoms with E-state index in [-0.39, 0.29) is 4.90 Å². The largest absolute Gasteiger partial charge is 0.295 e. The molecular weight excluding hydrogens is 352 g/mol. The number of rotatable bonds is 4. The van der Waals surface area contributed by atoms with E-state index in [0.717, 1.165) is 11.0 Å². The molecule has 2 aromatic rings. The highest BCUT2D eigenvalue weighted by atomic mass is 32.2. The van der Waals surface area contributed by atoms with Gasteiger partial charge in [-0.15, -0.1) is 0 Å². The first-order chi connectivity index (χ1) is 11.1. The van der Waals surface area contributed by atoms with Crippen molar-refractivity contribution in [3.8, 4) is 0 Å². The topological polar surface area (TPSA) is 109 Å². The van der Waals surface area contributed by atoms with Gasteiger partial charge in [0.2, 0.25) is 0 Å². The molecule has 2 aromatic carbocycles. The van der Waals surface area contributed by atoms with Crippen molar-refractivity contribution in [2.75, 3.05) is 0 Å². The van der Waals surface area contributed by atoms with E-state index in [2.05, 4.69) is 6.58 Å². The van der Waals surface area contributed by atoms with Crippen LogP contribution in [0.2, 0.25) is 0 Å². The molecule has 0 heterocycles. The van der Waals surface area contributed by atoms with E-state index in [1.165, 1.54) is 24.3 Å². The van der Waals surface area contributed by atoms with Gasteiger partial charge in [0.1, 0.15) is 4.90 Å². The molecule has 8 heteroatoms. The third-order valence-corrected chi connectivity index (χ3v) is 4.06. The Morgan fingerprint density at radius 3 is 1.83 bits per heavy atom. The maximum absolute atomic E-state index is 10.7. The molecule has 0 saturated heterocycles. The zero-order valence-electron chi connectivity index (χ0n) is 12.5. The number of hydrogen-bond acceptors (Lipinski definition) is 4. The Morgan fingerprint density at radius 2 is 1.38 bits per heavy atom. The maximum atomic E-state index is 10.7. The first-order valence-corrected chi connectivity index (χ1v) is 9.47. The van der Waals surface area contributed by atoms with Crippen molar-refractivity contribution in [3.05, 3.63) is 77.7 Å². The fourth-order valence-electron chi connectivity index (χ4n) is 1.61. The molecule has 0 aliphatic rings. The van der Waals surface area contributed by atoms with Crippen molar-refractivity contribution in [2.45, 2.75) is 4.90 Å². The quantitative estimate of drug-likeness (QED) is 0.803. The average Bonchev–Trinajstić information content (AvgIpc) is 2.53. The minimum atomic E-state index is -4.12. The van der Waals surface area contributed by atoms with Crippen LogP contribution in [0.3, 0.4) is 0 Å². The second-order valence-electron chi connectivity index (χ2n) is 4.45. The third-order valence-electron chi connectivity index (χ3n) is 2.65. The van der Waals surface area contributed by atoms with Gasteiger partial charge in [0.05, 0.1) is 5.41 Å². The van der Waals surface area contributed by atoms with Crippen LogP contribution in [0, 0.1) is 0 Å². The third kappa shape index (κ3) is 7.34. The maximum Gasteiger partial charge on any atom is 0.295 e. The van der Waals surface area contributed by atoms with Crippen LogP contribution < -0.4 is 0 Å². The Labute approximate surface area is 141 Å². The standard InChI is InChI=1S/2C8H8O3S/c1-2-7-5-3-4-6-8(7)12(9,10)11;9-12(10,11)7-6-8-4-2-1-3-5-8/h2-6H,1H2,(H,9,10,11);1-7H,(H,9,10,11). The summed E-state index contributed by atoms with van der Waals surface area (Å²) in [4.78, 5) is -0.111. The summed E-state index contributed by atoms with van der Waals surface area (Å²) < 4.78 is 59.1. The summed E-state index contributed by atoms with van der Waals surface area (Å²) in [5.41, 5.74) is 1.13. The van der Waals surface area contributed by atoms with Crippen LogP contribution in [-0.2, 0) is 20.2 Å². The number of hydrogen-bond donors (Lipinski definition) is 2. The zero-order chi connectivity index (χ0) is 18.2. The fourth-order valence-corrected chi connectivity index (χ4v) is 2.64. The molecule has 0 aliphatic heterocycles. The minimum Gasteiger partial charge on any atom is -0.282 e. The van der Waals surface area contributed by atoms with Crippen molar-refractivity contribution in [2.24, 2.45) is 0 Å². The van der Waals surface area contributed by atoms with E-state index in [1.54, 1.807) is 36.4 Å². The highest BCUT2D eigenvalue weighted by molar-refractivity contribution is 7.88. The molecular formula is C16H16O6S2. The lowest BCUT2D eigenvalue weighted by Crippen LogP contribution is -1.99. The lowest BCUT2D eigenvalue weighted by Gasteiger charge is -2.00. The van der Waals surface area contributed by atoms with Crippen LogP contribution in [-0.4, -0.2) is 25.9 Å². The van der Waals surface area contributed by atoms with Gasteiger partial charge in [0.25, 0.3) is 20.2 Å². The van der Waals surface area contributed by atoms with Gasteiger partial charge in [0.15, 0.2) is 0 Å². The molecule has 0 radical (unpaired) electrons. The molecule has 0 saturated carbocycles. The van der Waals surface area contributed by atoms with Crippen molar-refractivity contribution in [3.63, 3.8) is 0 Å². The lowest BCUT2D eigenvalue weighted by molar-refractivity contribution is 0.482. The Balaban J connectivity index is 0.000000240. The molecule has 6 nitrogen and oxygen atoms in total. The van der Waals surface area contributed by atoms with Gasteiger partial charge in [-0.2, -0.15) is 16.8 Å². The molecule has 0 aromatic heterocycles. The summed E-state index contributed by atoms with van der Waals surface area (Å²) in [7, 11) is -8.12. The molecule has 0 amide bonds. The van der Waals surface area contributed by atoms with E-state index in [9.17, 15) is 16.8 Å². The molecule has 0 atom stereocenters. The summed E-state index contributed by atoms with van der Waals surface area (Å²) in [6, 6.07) is 15.0. The zero-order valence-corrected chi connectivity index (χ0v) is 14.1. The van der Waals surface area contributed by atoms with Crippen LogP contribution in [0.25, 0.3) is 12.2 Å². The smallest absolute Gasteiger partial charge is 0.282 e. The van der Waals surface area contributed by atoms with E-state index < -0.39 is 20.2 Å². The summed E-state index contributed by atoms with van der Waals surface area (Å²) in [6.45, 7) is 3.43. The van der Waals surface area contributed by atoms with Crippen LogP contribution in [0.1, 0.15) is 11.1 Å². The predicted octanol–water partition coefficient (Wildman–Crippen LogP) is 3.12. The Kier molecular flexibility index (Phi) is 7.05. The van der Waals surface area contributed by atoms with Gasteiger partial charge >= 0.3 is 0 Å². The fraction of sp³-hybridized carbons (Fsp3) is 0. The van der Waals surface area contributed by atoms with Crippen molar-refractivity contribution in [1.29, 1.82) is 0 Å². The molecule has 128 valence electrons. The molecule has 24 heavy (non-hydrogen) atoms. The normalized spacial score (nSPS) is 11.6. The molecule has 0 aliphatic carbocycles. The first-order valence-electron chi connectivity index (χ1n) is 6.53.